The summed E-state index contributed by atoms with van der Waals surface area (Å²) >= 11 is 0. The fraction of sp³-hybridized carbons (Fsp3) is 0.462. The summed E-state index contributed by atoms with van der Waals surface area (Å²) in [7, 11) is 3.89. The third kappa shape index (κ3) is 5.65. The number of urea groups is 1. The van der Waals surface area contributed by atoms with E-state index >= 15 is 0 Å². The van der Waals surface area contributed by atoms with Crippen molar-refractivity contribution in [3.63, 3.8) is 0 Å². The number of amides is 2. The van der Waals surface area contributed by atoms with Crippen LogP contribution in [-0.2, 0) is 0 Å². The lowest BCUT2D eigenvalue weighted by Gasteiger charge is -2.17. The fourth-order valence-corrected chi connectivity index (χ4v) is 1.50. The summed E-state index contributed by atoms with van der Waals surface area (Å²) in [6, 6.07) is 2.47. The summed E-state index contributed by atoms with van der Waals surface area (Å²) in [4.78, 5) is 13.6. The molecule has 0 radical (unpaired) electrons. The molecule has 1 atom stereocenters. The Hall–Kier alpha value is -1.69. The molecule has 0 fully saturated rings. The van der Waals surface area contributed by atoms with Gasteiger partial charge in [-0.1, -0.05) is 0 Å². The zero-order valence-electron chi connectivity index (χ0n) is 11.3. The van der Waals surface area contributed by atoms with Crippen LogP contribution in [0.1, 0.15) is 13.3 Å². The van der Waals surface area contributed by atoms with E-state index < -0.39 is 17.7 Å². The third-order valence-corrected chi connectivity index (χ3v) is 2.57. The number of nitrogens with zero attached hydrogens (tertiary/aromatic N) is 1. The van der Waals surface area contributed by atoms with E-state index in [9.17, 15) is 13.6 Å². The van der Waals surface area contributed by atoms with Crippen molar-refractivity contribution in [1.29, 1.82) is 0 Å². The molecule has 0 heterocycles. The molecule has 2 N–H and O–H groups in total. The van der Waals surface area contributed by atoms with Crippen molar-refractivity contribution < 1.29 is 13.6 Å². The molecule has 0 bridgehead atoms. The molecule has 0 aliphatic heterocycles. The van der Waals surface area contributed by atoms with E-state index in [4.69, 9.17) is 0 Å². The van der Waals surface area contributed by atoms with Gasteiger partial charge in [0.2, 0.25) is 0 Å². The van der Waals surface area contributed by atoms with Gasteiger partial charge < -0.3 is 15.5 Å². The van der Waals surface area contributed by atoms with Crippen LogP contribution in [0.4, 0.5) is 19.3 Å². The van der Waals surface area contributed by atoms with Crippen LogP contribution >= 0.6 is 0 Å². The van der Waals surface area contributed by atoms with Crippen molar-refractivity contribution in [2.45, 2.75) is 19.4 Å². The molecule has 6 heteroatoms. The van der Waals surface area contributed by atoms with Crippen LogP contribution in [0.15, 0.2) is 18.2 Å². The Bertz CT molecular complexity index is 438. The highest BCUT2D eigenvalue weighted by Gasteiger charge is 2.10. The van der Waals surface area contributed by atoms with Crippen molar-refractivity contribution in [1.82, 2.24) is 10.2 Å². The van der Waals surface area contributed by atoms with E-state index in [2.05, 4.69) is 10.6 Å². The number of anilines is 1. The summed E-state index contributed by atoms with van der Waals surface area (Å²) in [5.74, 6) is -1.47. The maximum absolute atomic E-state index is 13.3. The van der Waals surface area contributed by atoms with Crippen LogP contribution in [0.3, 0.4) is 0 Å². The Morgan fingerprint density at radius 1 is 1.37 bits per heavy atom. The zero-order valence-corrected chi connectivity index (χ0v) is 11.3. The van der Waals surface area contributed by atoms with Gasteiger partial charge in [0.05, 0.1) is 5.69 Å². The first-order valence-corrected chi connectivity index (χ1v) is 6.06. The number of hydrogen-bond acceptors (Lipinski definition) is 2. The van der Waals surface area contributed by atoms with Gasteiger partial charge in [-0.05, 0) is 46.1 Å². The molecule has 0 aromatic heterocycles. The normalized spacial score (nSPS) is 12.3. The third-order valence-electron chi connectivity index (χ3n) is 2.57. The topological polar surface area (TPSA) is 44.4 Å². The van der Waals surface area contributed by atoms with Gasteiger partial charge in [-0.15, -0.1) is 0 Å². The lowest BCUT2D eigenvalue weighted by atomic mass is 10.2. The maximum Gasteiger partial charge on any atom is 0.319 e. The minimum atomic E-state index is -0.795. The number of nitrogens with one attached hydrogen (secondary N) is 2. The standard InChI is InChI=1S/C13H19F2N3O/c1-9(6-7-18(2)3)16-13(19)17-12-5-4-10(14)8-11(12)15/h4-5,8-9H,6-7H2,1-3H3,(H2,16,17,19). The Morgan fingerprint density at radius 3 is 2.63 bits per heavy atom. The van der Waals surface area contributed by atoms with Crippen molar-refractivity contribution in [2.24, 2.45) is 0 Å². The molecule has 0 saturated heterocycles. The quantitative estimate of drug-likeness (QED) is 0.864. The predicted octanol–water partition coefficient (Wildman–Crippen LogP) is 2.43. The summed E-state index contributed by atoms with van der Waals surface area (Å²) in [5, 5.41) is 5.04. The van der Waals surface area contributed by atoms with Crippen LogP contribution in [0.25, 0.3) is 0 Å². The van der Waals surface area contributed by atoms with Gasteiger partial charge in [-0.25, -0.2) is 13.6 Å². The van der Waals surface area contributed by atoms with Gasteiger partial charge in [-0.3, -0.25) is 0 Å². The monoisotopic (exact) mass is 271 g/mol. The van der Waals surface area contributed by atoms with Gasteiger partial charge in [0.15, 0.2) is 0 Å². The van der Waals surface area contributed by atoms with Crippen molar-refractivity contribution in [3.05, 3.63) is 29.8 Å². The number of hydrogen-bond donors (Lipinski definition) is 2. The Balaban J connectivity index is 2.46. The fourth-order valence-electron chi connectivity index (χ4n) is 1.50. The number of carbonyl (C=O) groups is 1. The molecule has 19 heavy (non-hydrogen) atoms. The zero-order chi connectivity index (χ0) is 14.4. The molecule has 4 nitrogen and oxygen atoms in total. The molecule has 0 aliphatic carbocycles. The summed E-state index contributed by atoms with van der Waals surface area (Å²) in [6.45, 7) is 2.70. The van der Waals surface area contributed by atoms with E-state index in [1.54, 1.807) is 0 Å². The van der Waals surface area contributed by atoms with E-state index in [-0.39, 0.29) is 11.7 Å². The van der Waals surface area contributed by atoms with Crippen LogP contribution in [-0.4, -0.2) is 37.6 Å². The predicted molar refractivity (Wildman–Crippen MR) is 71.1 cm³/mol. The van der Waals surface area contributed by atoms with E-state index in [0.29, 0.717) is 0 Å². The number of carbonyl (C=O) groups excluding carboxylic acids is 1. The van der Waals surface area contributed by atoms with Gasteiger partial charge in [0.25, 0.3) is 0 Å². The largest absolute Gasteiger partial charge is 0.335 e. The van der Waals surface area contributed by atoms with Crippen LogP contribution in [0, 0.1) is 11.6 Å². The molecular formula is C13H19F2N3O. The summed E-state index contributed by atoms with van der Waals surface area (Å²) < 4.78 is 26.0. The van der Waals surface area contributed by atoms with E-state index in [1.807, 2.05) is 25.9 Å². The first kappa shape index (κ1) is 15.4. The average molecular weight is 271 g/mol. The smallest absolute Gasteiger partial charge is 0.319 e. The average Bonchev–Trinajstić information content (AvgIpc) is 2.30. The van der Waals surface area contributed by atoms with Crippen molar-refractivity contribution in [2.75, 3.05) is 26.0 Å². The van der Waals surface area contributed by atoms with Crippen molar-refractivity contribution >= 4 is 11.7 Å². The first-order valence-electron chi connectivity index (χ1n) is 6.06. The molecule has 0 spiro atoms. The minimum absolute atomic E-state index is 0.0362. The Kier molecular flexibility index (Phi) is 5.69. The lowest BCUT2D eigenvalue weighted by Crippen LogP contribution is -2.37. The molecule has 0 aliphatic rings. The van der Waals surface area contributed by atoms with Gasteiger partial charge in [0, 0.05) is 12.1 Å². The number of halogens is 2. The van der Waals surface area contributed by atoms with E-state index in [0.717, 1.165) is 25.1 Å². The van der Waals surface area contributed by atoms with Gasteiger partial charge in [-0.2, -0.15) is 0 Å². The second-order valence-electron chi connectivity index (χ2n) is 4.72. The first-order chi connectivity index (χ1) is 8.88. The second kappa shape index (κ2) is 7.04. The van der Waals surface area contributed by atoms with E-state index in [1.165, 1.54) is 6.07 Å². The highest BCUT2D eigenvalue weighted by molar-refractivity contribution is 5.89. The molecule has 1 rings (SSSR count). The molecule has 1 unspecified atom stereocenters. The highest BCUT2D eigenvalue weighted by Crippen LogP contribution is 2.14. The van der Waals surface area contributed by atoms with Crippen molar-refractivity contribution in [3.8, 4) is 0 Å². The van der Waals surface area contributed by atoms with Crippen LogP contribution in [0.5, 0.6) is 0 Å². The molecule has 1 aromatic rings. The minimum Gasteiger partial charge on any atom is -0.335 e. The second-order valence-corrected chi connectivity index (χ2v) is 4.72. The van der Waals surface area contributed by atoms with Gasteiger partial charge in [0.1, 0.15) is 11.6 Å². The van der Waals surface area contributed by atoms with Gasteiger partial charge >= 0.3 is 6.03 Å². The molecule has 1 aromatic carbocycles. The molecule has 106 valence electrons. The summed E-state index contributed by atoms with van der Waals surface area (Å²) in [6.07, 6.45) is 0.784. The van der Waals surface area contributed by atoms with Crippen LogP contribution < -0.4 is 10.6 Å². The number of benzene rings is 1. The Morgan fingerprint density at radius 2 is 2.05 bits per heavy atom. The highest BCUT2D eigenvalue weighted by atomic mass is 19.1. The number of rotatable bonds is 5. The SMILES string of the molecule is CC(CCN(C)C)NC(=O)Nc1ccc(F)cc1F. The summed E-state index contributed by atoms with van der Waals surface area (Å²) in [5.41, 5.74) is -0.0429. The lowest BCUT2D eigenvalue weighted by molar-refractivity contribution is 0.247. The molecule has 2 amide bonds. The van der Waals surface area contributed by atoms with Crippen LogP contribution in [0.2, 0.25) is 0 Å². The maximum atomic E-state index is 13.3. The molecular weight excluding hydrogens is 252 g/mol. The molecule has 0 saturated carbocycles. The Labute approximate surface area is 111 Å².